The molecule has 1 unspecified atom stereocenters. The van der Waals surface area contributed by atoms with Gasteiger partial charge in [-0.3, -0.25) is 9.59 Å². The number of aryl methyl sites for hydroxylation is 1. The predicted octanol–water partition coefficient (Wildman–Crippen LogP) is 7.46. The van der Waals surface area contributed by atoms with E-state index in [-0.39, 0.29) is 29.5 Å². The zero-order valence-electron chi connectivity index (χ0n) is 19.9. The van der Waals surface area contributed by atoms with Crippen LogP contribution in [0.5, 0.6) is 0 Å². The van der Waals surface area contributed by atoms with E-state index in [0.29, 0.717) is 22.6 Å². The summed E-state index contributed by atoms with van der Waals surface area (Å²) in [6.07, 6.45) is -0.653. The fraction of sp³-hybridized carbons (Fsp3) is 0.520. The molecule has 1 aromatic rings. The summed E-state index contributed by atoms with van der Waals surface area (Å²) < 4.78 is 46.2. The molecule has 9 heteroatoms. The Labute approximate surface area is 208 Å². The highest BCUT2D eigenvalue weighted by atomic mass is 35.5. The number of hydrogen-bond donors (Lipinski definition) is 1. The predicted molar refractivity (Wildman–Crippen MR) is 129 cm³/mol. The van der Waals surface area contributed by atoms with E-state index < -0.39 is 35.4 Å². The summed E-state index contributed by atoms with van der Waals surface area (Å²) >= 11 is 12.3. The smallest absolute Gasteiger partial charge is 0.392 e. The van der Waals surface area contributed by atoms with E-state index in [9.17, 15) is 22.8 Å². The number of amides is 1. The monoisotopic (exact) mass is 519 g/mol. The molecule has 0 radical (unpaired) electrons. The Balaban J connectivity index is 2.23. The van der Waals surface area contributed by atoms with Gasteiger partial charge in [0.05, 0.1) is 22.5 Å². The normalized spacial score (nSPS) is 18.5. The number of allylic oxidation sites excluding steroid dienone is 4. The number of esters is 1. The van der Waals surface area contributed by atoms with Crippen molar-refractivity contribution in [1.29, 1.82) is 0 Å². The van der Waals surface area contributed by atoms with Crippen molar-refractivity contribution in [2.24, 2.45) is 17.8 Å². The third-order valence-corrected chi connectivity index (χ3v) is 6.34. The summed E-state index contributed by atoms with van der Waals surface area (Å²) in [5.41, 5.74) is 0.908. The van der Waals surface area contributed by atoms with Crippen LogP contribution in [0.25, 0.3) is 0 Å². The first kappa shape index (κ1) is 28.2. The van der Waals surface area contributed by atoms with Crippen LogP contribution < -0.4 is 5.32 Å². The fourth-order valence-electron chi connectivity index (χ4n) is 3.79. The van der Waals surface area contributed by atoms with Crippen molar-refractivity contribution < 1.29 is 27.5 Å². The highest BCUT2D eigenvalue weighted by Crippen LogP contribution is 2.41. The number of alkyl halides is 3. The molecule has 1 amide bonds. The van der Waals surface area contributed by atoms with Gasteiger partial charge < -0.3 is 10.1 Å². The van der Waals surface area contributed by atoms with Gasteiger partial charge in [0.15, 0.2) is 0 Å². The van der Waals surface area contributed by atoms with Crippen molar-refractivity contribution >= 4 is 40.8 Å². The number of ether oxygens (including phenoxy) is 1. The molecule has 1 N–H and O–H groups in total. The SMILES string of the molecule is CC1=CC([C@@H](C(=O)Nc2cc(CCC(=O)OC(C)(C)C)ccc2Cl)[C@@H](C)C(F)(F)F)CC=C1Cl. The largest absolute Gasteiger partial charge is 0.460 e. The maximum absolute atomic E-state index is 13.7. The van der Waals surface area contributed by atoms with E-state index in [1.54, 1.807) is 52.0 Å². The van der Waals surface area contributed by atoms with Gasteiger partial charge in [-0.2, -0.15) is 13.2 Å². The lowest BCUT2D eigenvalue weighted by Gasteiger charge is -2.32. The number of halogens is 5. The zero-order valence-corrected chi connectivity index (χ0v) is 21.4. The zero-order chi connectivity index (χ0) is 25.8. The third-order valence-electron chi connectivity index (χ3n) is 5.56. The van der Waals surface area contributed by atoms with Crippen molar-refractivity contribution in [3.8, 4) is 0 Å². The number of rotatable bonds is 7. The van der Waals surface area contributed by atoms with Crippen LogP contribution in [-0.4, -0.2) is 23.7 Å². The lowest BCUT2D eigenvalue weighted by molar-refractivity contribution is -0.188. The molecule has 0 saturated carbocycles. The van der Waals surface area contributed by atoms with Gasteiger partial charge in [-0.25, -0.2) is 0 Å². The number of carbonyl (C=O) groups is 2. The van der Waals surface area contributed by atoms with Crippen molar-refractivity contribution in [2.75, 3.05) is 5.32 Å². The van der Waals surface area contributed by atoms with E-state index >= 15 is 0 Å². The molecule has 188 valence electrons. The molecule has 0 fully saturated rings. The van der Waals surface area contributed by atoms with Gasteiger partial charge >= 0.3 is 12.1 Å². The molecule has 0 spiro atoms. The number of carbonyl (C=O) groups excluding carboxylic acids is 2. The highest BCUT2D eigenvalue weighted by molar-refractivity contribution is 6.33. The Morgan fingerprint density at radius 1 is 1.21 bits per heavy atom. The average Bonchev–Trinajstić information content (AvgIpc) is 2.69. The third kappa shape index (κ3) is 8.05. The number of hydrogen-bond acceptors (Lipinski definition) is 3. The van der Waals surface area contributed by atoms with Crippen LogP contribution in [0, 0.1) is 17.8 Å². The van der Waals surface area contributed by atoms with Gasteiger partial charge in [-0.05, 0) is 69.7 Å². The molecular formula is C25H30Cl2F3NO3. The maximum Gasteiger partial charge on any atom is 0.392 e. The summed E-state index contributed by atoms with van der Waals surface area (Å²) in [6.45, 7) is 8.01. The quantitative estimate of drug-likeness (QED) is 0.380. The second-order valence-electron chi connectivity index (χ2n) is 9.55. The van der Waals surface area contributed by atoms with Gasteiger partial charge in [-0.1, -0.05) is 48.3 Å². The standard InChI is InChI=1S/C25H30Cl2F3NO3/c1-14-12-17(8-10-18(14)26)22(15(2)25(28,29)30)23(33)31-20-13-16(6-9-19(20)27)7-11-21(32)34-24(3,4)5/h6,9-10,12-13,15,17,22H,7-8,11H2,1-5H3,(H,31,33)/t15-,17?,22+/m1/s1. The molecule has 34 heavy (non-hydrogen) atoms. The van der Waals surface area contributed by atoms with E-state index in [1.165, 1.54) is 6.07 Å². The first-order valence-electron chi connectivity index (χ1n) is 11.0. The molecule has 1 aromatic carbocycles. The number of nitrogens with one attached hydrogen (secondary N) is 1. The van der Waals surface area contributed by atoms with Gasteiger partial charge in [0.2, 0.25) is 5.91 Å². The van der Waals surface area contributed by atoms with Crippen molar-refractivity contribution in [3.63, 3.8) is 0 Å². The van der Waals surface area contributed by atoms with E-state index in [4.69, 9.17) is 27.9 Å². The molecule has 4 nitrogen and oxygen atoms in total. The van der Waals surface area contributed by atoms with Gasteiger partial charge in [0.25, 0.3) is 0 Å². The lowest BCUT2D eigenvalue weighted by atomic mass is 9.77. The number of benzene rings is 1. The molecule has 0 saturated heterocycles. The molecule has 0 aliphatic heterocycles. The second kappa shape index (κ2) is 11.2. The van der Waals surface area contributed by atoms with Gasteiger partial charge in [-0.15, -0.1) is 0 Å². The first-order chi connectivity index (χ1) is 15.6. The Morgan fingerprint density at radius 3 is 2.41 bits per heavy atom. The van der Waals surface area contributed by atoms with Crippen LogP contribution in [0.3, 0.4) is 0 Å². The van der Waals surface area contributed by atoms with Crippen LogP contribution in [0.15, 0.2) is 41.0 Å². The topological polar surface area (TPSA) is 55.4 Å². The Bertz CT molecular complexity index is 981. The van der Waals surface area contributed by atoms with Crippen LogP contribution in [0.4, 0.5) is 18.9 Å². The lowest BCUT2D eigenvalue weighted by Crippen LogP contribution is -2.40. The van der Waals surface area contributed by atoms with Gasteiger partial charge in [0.1, 0.15) is 5.60 Å². The van der Waals surface area contributed by atoms with Crippen LogP contribution in [-0.2, 0) is 20.7 Å². The average molecular weight is 520 g/mol. The molecule has 0 heterocycles. The Morgan fingerprint density at radius 2 is 1.85 bits per heavy atom. The molecule has 1 aliphatic carbocycles. The minimum absolute atomic E-state index is 0.110. The van der Waals surface area contributed by atoms with E-state index in [2.05, 4.69) is 5.32 Å². The molecule has 0 aromatic heterocycles. The minimum Gasteiger partial charge on any atom is -0.460 e. The van der Waals surface area contributed by atoms with Gasteiger partial charge in [0, 0.05) is 11.5 Å². The highest BCUT2D eigenvalue weighted by Gasteiger charge is 2.47. The summed E-state index contributed by atoms with van der Waals surface area (Å²) in [5, 5.41) is 3.24. The van der Waals surface area contributed by atoms with Crippen LogP contribution in [0.1, 0.15) is 53.0 Å². The first-order valence-corrected chi connectivity index (χ1v) is 11.8. The second-order valence-corrected chi connectivity index (χ2v) is 10.4. The Kier molecular flexibility index (Phi) is 9.28. The number of anilines is 1. The molecule has 0 bridgehead atoms. The molecular weight excluding hydrogens is 490 g/mol. The van der Waals surface area contributed by atoms with E-state index in [1.807, 2.05) is 0 Å². The summed E-state index contributed by atoms with van der Waals surface area (Å²) in [7, 11) is 0. The van der Waals surface area contributed by atoms with Crippen LogP contribution in [0.2, 0.25) is 5.02 Å². The summed E-state index contributed by atoms with van der Waals surface area (Å²) in [5.74, 6) is -5.10. The summed E-state index contributed by atoms with van der Waals surface area (Å²) in [6, 6.07) is 4.80. The molecule has 1 aliphatic rings. The minimum atomic E-state index is -4.56. The maximum atomic E-state index is 13.7. The molecule has 2 rings (SSSR count). The summed E-state index contributed by atoms with van der Waals surface area (Å²) in [4.78, 5) is 25.1. The van der Waals surface area contributed by atoms with Crippen LogP contribution >= 0.6 is 23.2 Å². The van der Waals surface area contributed by atoms with E-state index in [0.717, 1.165) is 6.92 Å². The molecule has 3 atom stereocenters. The van der Waals surface area contributed by atoms with Crippen molar-refractivity contribution in [1.82, 2.24) is 0 Å². The fourth-order valence-corrected chi connectivity index (χ4v) is 4.11. The van der Waals surface area contributed by atoms with Crippen molar-refractivity contribution in [2.45, 2.75) is 65.7 Å². The Hall–Kier alpha value is -1.99. The van der Waals surface area contributed by atoms with Crippen molar-refractivity contribution in [3.05, 3.63) is 51.5 Å².